The molecule has 0 bridgehead atoms. The maximum absolute atomic E-state index is 13.7. The molecule has 0 amide bonds. The lowest BCUT2D eigenvalue weighted by Crippen LogP contribution is -2.31. The Balaban J connectivity index is 2.64. The summed E-state index contributed by atoms with van der Waals surface area (Å²) >= 11 is 0. The molecule has 0 saturated carbocycles. The normalized spacial score (nSPS) is 13.7. The molecule has 0 aliphatic heterocycles. The van der Waals surface area contributed by atoms with E-state index in [9.17, 15) is 10.2 Å². The van der Waals surface area contributed by atoms with E-state index in [1.54, 1.807) is 0 Å². The fourth-order valence-electron chi connectivity index (χ4n) is 4.45. The Hall–Kier alpha value is -2.00. The van der Waals surface area contributed by atoms with Gasteiger partial charge in [0.15, 0.2) is 11.5 Å². The van der Waals surface area contributed by atoms with E-state index < -0.39 is 0 Å². The maximum Gasteiger partial charge on any atom is 0.186 e. The summed E-state index contributed by atoms with van der Waals surface area (Å²) in [4.78, 5) is 2.27. The lowest BCUT2D eigenvalue weighted by atomic mass is 9.78. The summed E-state index contributed by atoms with van der Waals surface area (Å²) in [6.45, 7) is 31.1. The van der Waals surface area contributed by atoms with E-state index in [0.717, 1.165) is 22.3 Å². The third kappa shape index (κ3) is 7.06. The molecule has 0 aliphatic carbocycles. The lowest BCUT2D eigenvalue weighted by molar-refractivity contribution is 0.194. The van der Waals surface area contributed by atoms with Crippen molar-refractivity contribution in [1.82, 2.24) is 4.90 Å². The topological polar surface area (TPSA) is 43.0 Å². The van der Waals surface area contributed by atoms with Crippen LogP contribution in [0.25, 0.3) is 0 Å². The van der Waals surface area contributed by atoms with Crippen molar-refractivity contribution in [3.8, 4) is 11.5 Å². The van der Waals surface area contributed by atoms with Gasteiger partial charge in [0.1, 0.15) is 0 Å². The highest BCUT2D eigenvalue weighted by Crippen LogP contribution is 2.41. The van der Waals surface area contributed by atoms with Gasteiger partial charge in [-0.25, -0.2) is 0 Å². The van der Waals surface area contributed by atoms with Crippen molar-refractivity contribution in [2.75, 3.05) is 0 Å². The first-order chi connectivity index (χ1) is 16.0. The first kappa shape index (κ1) is 30.2. The summed E-state index contributed by atoms with van der Waals surface area (Å²) in [6.07, 6.45) is 0. The van der Waals surface area contributed by atoms with Crippen molar-refractivity contribution >= 4 is 0 Å². The second-order valence-electron chi connectivity index (χ2n) is 15.0. The first-order valence-corrected chi connectivity index (χ1v) is 13.5. The fourth-order valence-corrected chi connectivity index (χ4v) is 4.45. The van der Waals surface area contributed by atoms with E-state index in [2.05, 4.69) is 126 Å². The summed E-state index contributed by atoms with van der Waals surface area (Å²) in [6, 6.07) is 8.57. The van der Waals surface area contributed by atoms with Crippen LogP contribution < -0.4 is 0 Å². The average Bonchev–Trinajstić information content (AvgIpc) is 2.66. The maximum atomic E-state index is 13.7. The molecule has 0 N–H and O–H groups in total. The van der Waals surface area contributed by atoms with Crippen LogP contribution in [0.2, 0.25) is 0 Å². The zero-order chi connectivity index (χ0) is 28.0. The predicted molar refractivity (Wildman–Crippen MR) is 152 cm³/mol. The van der Waals surface area contributed by atoms with E-state index in [1.807, 2.05) is 0 Å². The molecule has 200 valence electrons. The van der Waals surface area contributed by atoms with Crippen molar-refractivity contribution in [3.05, 3.63) is 57.6 Å². The van der Waals surface area contributed by atoms with Gasteiger partial charge in [0.05, 0.1) is 0 Å². The minimum Gasteiger partial charge on any atom is -0.292 e. The van der Waals surface area contributed by atoms with Gasteiger partial charge in [-0.15, -0.1) is 0 Å². The molecule has 0 aliphatic rings. The largest absolute Gasteiger partial charge is 0.292 e. The van der Waals surface area contributed by atoms with Crippen LogP contribution in [0.15, 0.2) is 24.3 Å². The van der Waals surface area contributed by atoms with Gasteiger partial charge in [-0.1, -0.05) is 107 Å². The van der Waals surface area contributed by atoms with Crippen LogP contribution in [-0.2, 0) is 45.0 Å². The van der Waals surface area contributed by atoms with Crippen LogP contribution >= 0.6 is 0 Å². The molecule has 3 heteroatoms. The Morgan fingerprint density at radius 3 is 1.08 bits per heavy atom. The van der Waals surface area contributed by atoms with Crippen LogP contribution in [0, 0.1) is 0 Å². The zero-order valence-corrected chi connectivity index (χ0v) is 25.6. The molecular weight excluding hydrogens is 442 g/mol. The number of hydrogen-bond acceptors (Lipinski definition) is 1. The predicted octanol–water partition coefficient (Wildman–Crippen LogP) is 9.57. The quantitative estimate of drug-likeness (QED) is 0.409. The number of hydrogen-bond donors (Lipinski definition) is 0. The molecule has 2 radical (unpaired) electrons. The average molecular weight is 494 g/mol. The fraction of sp³-hybridized carbons (Fsp3) is 0.636. The van der Waals surface area contributed by atoms with Crippen LogP contribution in [-0.4, -0.2) is 10.9 Å². The van der Waals surface area contributed by atoms with E-state index in [4.69, 9.17) is 0 Å². The van der Waals surface area contributed by atoms with E-state index >= 15 is 0 Å². The number of benzene rings is 2. The lowest BCUT2D eigenvalue weighted by Gasteiger charge is -2.32. The molecule has 0 heterocycles. The molecule has 0 fully saturated rings. The van der Waals surface area contributed by atoms with Crippen molar-refractivity contribution in [2.24, 2.45) is 0 Å². The summed E-state index contributed by atoms with van der Waals surface area (Å²) in [7, 11) is 0. The number of rotatable bonds is 5. The van der Waals surface area contributed by atoms with Crippen LogP contribution in [0.4, 0.5) is 0 Å². The third-order valence-corrected chi connectivity index (χ3v) is 7.16. The summed E-state index contributed by atoms with van der Waals surface area (Å²) < 4.78 is 0. The summed E-state index contributed by atoms with van der Waals surface area (Å²) in [5, 5.41) is 27.3. The SMILES string of the molecule is CC(C)N(Cc1cc(C(C)(C)C)cc(C(C)(C)C)c1[O])Cc1cc(C(C)(C)C)cc(C(C)(C)C)c1[O]. The molecule has 36 heavy (non-hydrogen) atoms. The van der Waals surface area contributed by atoms with Gasteiger partial charge in [0.2, 0.25) is 0 Å². The van der Waals surface area contributed by atoms with E-state index in [0.29, 0.717) is 13.1 Å². The highest BCUT2D eigenvalue weighted by molar-refractivity contribution is 5.50. The van der Waals surface area contributed by atoms with Crippen LogP contribution in [0.3, 0.4) is 0 Å². The molecule has 2 aromatic rings. The molecule has 2 rings (SSSR count). The molecule has 2 aromatic carbocycles. The zero-order valence-electron chi connectivity index (χ0n) is 25.6. The van der Waals surface area contributed by atoms with Crippen LogP contribution in [0.1, 0.15) is 130 Å². The van der Waals surface area contributed by atoms with Gasteiger partial charge in [-0.05, 0) is 46.6 Å². The smallest absolute Gasteiger partial charge is 0.186 e. The van der Waals surface area contributed by atoms with Gasteiger partial charge in [0.25, 0.3) is 0 Å². The van der Waals surface area contributed by atoms with Gasteiger partial charge >= 0.3 is 0 Å². The highest BCUT2D eigenvalue weighted by atomic mass is 16.3. The van der Waals surface area contributed by atoms with E-state index in [-0.39, 0.29) is 39.2 Å². The van der Waals surface area contributed by atoms with Crippen LogP contribution in [0.5, 0.6) is 11.5 Å². The molecular formula is C33H51NO2. The molecule has 0 atom stereocenters. The van der Waals surface area contributed by atoms with Crippen molar-refractivity contribution < 1.29 is 10.2 Å². The second-order valence-corrected chi connectivity index (χ2v) is 15.0. The highest BCUT2D eigenvalue weighted by Gasteiger charge is 2.29. The number of nitrogens with zero attached hydrogens (tertiary/aromatic N) is 1. The first-order valence-electron chi connectivity index (χ1n) is 13.5. The minimum absolute atomic E-state index is 0.0596. The monoisotopic (exact) mass is 493 g/mol. The molecule has 0 spiro atoms. The van der Waals surface area contributed by atoms with Crippen molar-refractivity contribution in [1.29, 1.82) is 0 Å². The summed E-state index contributed by atoms with van der Waals surface area (Å²) in [5.74, 6) is 0.254. The Labute approximate surface area is 222 Å². The molecule has 0 saturated heterocycles. The Morgan fingerprint density at radius 1 is 0.556 bits per heavy atom. The van der Waals surface area contributed by atoms with E-state index in [1.165, 1.54) is 11.1 Å². The minimum atomic E-state index is -0.236. The van der Waals surface area contributed by atoms with Crippen molar-refractivity contribution in [2.45, 2.75) is 138 Å². The van der Waals surface area contributed by atoms with Gasteiger partial charge in [0, 0.05) is 41.4 Å². The summed E-state index contributed by atoms with van der Waals surface area (Å²) in [5.41, 5.74) is 5.13. The molecule has 3 nitrogen and oxygen atoms in total. The Bertz CT molecular complexity index is 984. The Morgan fingerprint density at radius 2 is 0.861 bits per heavy atom. The standard InChI is InChI=1S/C33H51NO2/c1-21(2)34(19-22-15-24(30(3,4)5)17-26(28(22)35)32(9,10)11)20-23-16-25(31(6,7)8)18-27(29(23)36)33(12,13)14/h15-18,21H,19-20H2,1-14H3. The van der Waals surface area contributed by atoms with Crippen molar-refractivity contribution in [3.63, 3.8) is 0 Å². The molecule has 0 aromatic heterocycles. The third-order valence-electron chi connectivity index (χ3n) is 7.16. The van der Waals surface area contributed by atoms with Gasteiger partial charge < -0.3 is 0 Å². The van der Waals surface area contributed by atoms with Gasteiger partial charge in [-0.3, -0.25) is 15.1 Å². The molecule has 0 unspecified atom stereocenters. The second kappa shape index (κ2) is 10.0. The Kier molecular flexibility index (Phi) is 8.43. The van der Waals surface area contributed by atoms with Gasteiger partial charge in [-0.2, -0.15) is 0 Å².